The van der Waals surface area contributed by atoms with Crippen molar-refractivity contribution in [1.82, 2.24) is 5.16 Å². The number of aromatic nitrogens is 1. The summed E-state index contributed by atoms with van der Waals surface area (Å²) in [5, 5.41) is 6.53. The van der Waals surface area contributed by atoms with Crippen molar-refractivity contribution < 1.29 is 12.9 Å². The van der Waals surface area contributed by atoms with Gasteiger partial charge in [-0.1, -0.05) is 5.16 Å². The van der Waals surface area contributed by atoms with Crippen LogP contribution in [-0.2, 0) is 9.84 Å². The molecule has 1 aromatic heterocycles. The van der Waals surface area contributed by atoms with Crippen molar-refractivity contribution in [2.24, 2.45) is 5.92 Å². The van der Waals surface area contributed by atoms with E-state index in [0.29, 0.717) is 12.5 Å². The maximum Gasteiger partial charge on any atom is 0.243 e. The van der Waals surface area contributed by atoms with Crippen molar-refractivity contribution in [2.45, 2.75) is 17.7 Å². The van der Waals surface area contributed by atoms with Crippen molar-refractivity contribution >= 4 is 21.5 Å². The Morgan fingerprint density at radius 3 is 2.80 bits per heavy atom. The maximum absolute atomic E-state index is 11.4. The lowest BCUT2D eigenvalue weighted by molar-refractivity contribution is 0.437. The highest BCUT2D eigenvalue weighted by Gasteiger charge is 2.26. The first kappa shape index (κ1) is 10.3. The van der Waals surface area contributed by atoms with Crippen LogP contribution in [0.15, 0.2) is 9.42 Å². The van der Waals surface area contributed by atoms with Gasteiger partial charge in [-0.15, -0.1) is 0 Å². The molecule has 1 heterocycles. The lowest BCUT2D eigenvalue weighted by atomic mass is 10.4. The largest absolute Gasteiger partial charge is 0.366 e. The van der Waals surface area contributed by atoms with Gasteiger partial charge in [-0.25, -0.2) is 8.42 Å². The van der Waals surface area contributed by atoms with E-state index < -0.39 is 9.84 Å². The molecule has 0 unspecified atom stereocenters. The predicted molar refractivity (Wildman–Crippen MR) is 55.2 cm³/mol. The van der Waals surface area contributed by atoms with E-state index >= 15 is 0 Å². The molecule has 0 amide bonds. The van der Waals surface area contributed by atoms with E-state index in [4.69, 9.17) is 5.73 Å². The van der Waals surface area contributed by atoms with Crippen molar-refractivity contribution in [1.29, 1.82) is 0 Å². The fourth-order valence-corrected chi connectivity index (χ4v) is 2.19. The summed E-state index contributed by atoms with van der Waals surface area (Å²) >= 11 is 0. The van der Waals surface area contributed by atoms with Gasteiger partial charge in [0.25, 0.3) is 0 Å². The highest BCUT2D eigenvalue weighted by atomic mass is 32.2. The first-order chi connectivity index (χ1) is 6.98. The number of rotatable bonds is 4. The Morgan fingerprint density at radius 1 is 1.60 bits per heavy atom. The number of nitrogens with one attached hydrogen (secondary N) is 1. The third-order valence-electron chi connectivity index (χ3n) is 2.30. The van der Waals surface area contributed by atoms with Gasteiger partial charge < -0.3 is 15.6 Å². The molecule has 0 radical (unpaired) electrons. The monoisotopic (exact) mass is 231 g/mol. The average Bonchev–Trinajstić information content (AvgIpc) is 2.85. The van der Waals surface area contributed by atoms with Crippen LogP contribution in [0.3, 0.4) is 0 Å². The van der Waals surface area contributed by atoms with Crippen LogP contribution < -0.4 is 11.1 Å². The van der Waals surface area contributed by atoms with E-state index in [2.05, 4.69) is 15.0 Å². The molecule has 1 aliphatic carbocycles. The Labute approximate surface area is 87.7 Å². The number of nitrogens with two attached hydrogens (primary N) is 1. The summed E-state index contributed by atoms with van der Waals surface area (Å²) in [7, 11) is -3.39. The quantitative estimate of drug-likeness (QED) is 0.782. The fraction of sp³-hybridized carbons (Fsp3) is 0.625. The summed E-state index contributed by atoms with van der Waals surface area (Å²) in [4.78, 5) is -0.0387. The van der Waals surface area contributed by atoms with E-state index in [1.54, 1.807) is 0 Å². The zero-order valence-electron chi connectivity index (χ0n) is 8.36. The van der Waals surface area contributed by atoms with Crippen LogP contribution in [-0.4, -0.2) is 26.4 Å². The lowest BCUT2D eigenvalue weighted by Gasteiger charge is -2.02. The van der Waals surface area contributed by atoms with Crippen LogP contribution in [0.1, 0.15) is 12.8 Å². The molecule has 3 N–H and O–H groups in total. The van der Waals surface area contributed by atoms with Gasteiger partial charge in [0.05, 0.1) is 0 Å². The predicted octanol–water partition coefficient (Wildman–Crippen LogP) is 0.482. The third-order valence-corrected chi connectivity index (χ3v) is 3.44. The molecular weight excluding hydrogens is 218 g/mol. The molecule has 0 atom stereocenters. The Bertz CT molecular complexity index is 461. The van der Waals surface area contributed by atoms with Crippen molar-refractivity contribution in [2.75, 3.05) is 23.9 Å². The zero-order chi connectivity index (χ0) is 11.1. The Hall–Kier alpha value is -1.24. The van der Waals surface area contributed by atoms with Gasteiger partial charge in [-0.05, 0) is 18.8 Å². The highest BCUT2D eigenvalue weighted by molar-refractivity contribution is 7.91. The van der Waals surface area contributed by atoms with Crippen LogP contribution in [0.25, 0.3) is 0 Å². The second-order valence-corrected chi connectivity index (χ2v) is 5.77. The molecule has 1 aromatic rings. The summed E-state index contributed by atoms with van der Waals surface area (Å²) in [6, 6.07) is 0. The minimum Gasteiger partial charge on any atom is -0.366 e. The third kappa shape index (κ3) is 2.23. The second kappa shape index (κ2) is 3.41. The highest BCUT2D eigenvalue weighted by Crippen LogP contribution is 2.31. The fourth-order valence-electron chi connectivity index (χ4n) is 1.33. The molecule has 0 aliphatic heterocycles. The van der Waals surface area contributed by atoms with E-state index in [1.807, 2.05) is 0 Å². The summed E-state index contributed by atoms with van der Waals surface area (Å²) in [6.07, 6.45) is 3.43. The number of hydrogen-bond acceptors (Lipinski definition) is 6. The molecule has 6 nitrogen and oxygen atoms in total. The summed E-state index contributed by atoms with van der Waals surface area (Å²) in [5.41, 5.74) is 5.40. The van der Waals surface area contributed by atoms with Gasteiger partial charge in [0.1, 0.15) is 0 Å². The van der Waals surface area contributed by atoms with Crippen LogP contribution in [0.2, 0.25) is 0 Å². The molecule has 7 heteroatoms. The van der Waals surface area contributed by atoms with E-state index in [0.717, 1.165) is 6.26 Å². The summed E-state index contributed by atoms with van der Waals surface area (Å²) in [5.74, 6) is 0.688. The molecule has 84 valence electrons. The Balaban J connectivity index is 2.22. The normalized spacial score (nSPS) is 16.6. The first-order valence-corrected chi connectivity index (χ1v) is 6.56. The molecule has 0 bridgehead atoms. The summed E-state index contributed by atoms with van der Waals surface area (Å²) in [6.45, 7) is 0.717. The number of hydrogen-bond donors (Lipinski definition) is 2. The van der Waals surface area contributed by atoms with Gasteiger partial charge in [0.15, 0.2) is 20.6 Å². The topological polar surface area (TPSA) is 98.2 Å². The maximum atomic E-state index is 11.4. The standard InChI is InChI=1S/C8H13N3O3S/c1-15(12,13)6-7(9)14-11-8(6)10-4-5-2-3-5/h5H,2-4,9H2,1H3,(H,10,11). The number of nitrogens with zero attached hydrogens (tertiary/aromatic N) is 1. The molecule has 0 spiro atoms. The van der Waals surface area contributed by atoms with Gasteiger partial charge in [0.2, 0.25) is 5.88 Å². The smallest absolute Gasteiger partial charge is 0.243 e. The van der Waals surface area contributed by atoms with Gasteiger partial charge in [0, 0.05) is 12.8 Å². The molecule has 1 saturated carbocycles. The molecule has 1 fully saturated rings. The van der Waals surface area contributed by atoms with Crippen molar-refractivity contribution in [3.8, 4) is 0 Å². The lowest BCUT2D eigenvalue weighted by Crippen LogP contribution is -2.08. The Morgan fingerprint density at radius 2 is 2.27 bits per heavy atom. The van der Waals surface area contributed by atoms with Gasteiger partial charge in [-0.3, -0.25) is 0 Å². The minimum atomic E-state index is -3.39. The number of anilines is 2. The number of nitrogen functional groups attached to an aromatic ring is 1. The first-order valence-electron chi connectivity index (χ1n) is 4.67. The molecule has 0 saturated heterocycles. The molecule has 2 rings (SSSR count). The van der Waals surface area contributed by atoms with Crippen LogP contribution >= 0.6 is 0 Å². The van der Waals surface area contributed by atoms with Gasteiger partial charge >= 0.3 is 0 Å². The van der Waals surface area contributed by atoms with Gasteiger partial charge in [-0.2, -0.15) is 0 Å². The second-order valence-electron chi connectivity index (χ2n) is 3.82. The average molecular weight is 231 g/mol. The SMILES string of the molecule is CS(=O)(=O)c1c(NCC2CC2)noc1N. The Kier molecular flexibility index (Phi) is 2.34. The molecule has 1 aliphatic rings. The number of sulfone groups is 1. The summed E-state index contributed by atoms with van der Waals surface area (Å²) < 4.78 is 27.4. The molecule has 0 aromatic carbocycles. The van der Waals surface area contributed by atoms with E-state index in [-0.39, 0.29) is 16.6 Å². The minimum absolute atomic E-state index is 0.0387. The van der Waals surface area contributed by atoms with E-state index in [9.17, 15) is 8.42 Å². The van der Waals surface area contributed by atoms with E-state index in [1.165, 1.54) is 12.8 Å². The van der Waals surface area contributed by atoms with Crippen molar-refractivity contribution in [3.63, 3.8) is 0 Å². The zero-order valence-corrected chi connectivity index (χ0v) is 9.17. The molecular formula is C8H13N3O3S. The van der Waals surface area contributed by atoms with Crippen molar-refractivity contribution in [3.05, 3.63) is 0 Å². The van der Waals surface area contributed by atoms with Crippen LogP contribution in [0, 0.1) is 5.92 Å². The molecule has 15 heavy (non-hydrogen) atoms. The van der Waals surface area contributed by atoms with Crippen LogP contribution in [0.4, 0.5) is 11.7 Å². The van der Waals surface area contributed by atoms with Crippen LogP contribution in [0.5, 0.6) is 0 Å².